The van der Waals surface area contributed by atoms with Crippen LogP contribution in [-0.4, -0.2) is 6.04 Å². The third-order valence-corrected chi connectivity index (χ3v) is 2.35. The van der Waals surface area contributed by atoms with Crippen LogP contribution in [-0.2, 0) is 0 Å². The maximum absolute atomic E-state index is 5.42. The molecule has 0 aromatic rings. The van der Waals surface area contributed by atoms with E-state index >= 15 is 0 Å². The number of nitrogens with one attached hydrogen (secondary N) is 1. The molecular weight excluding hydrogens is 136 g/mol. The third-order valence-electron chi connectivity index (χ3n) is 2.35. The molecule has 2 heteroatoms. The van der Waals surface area contributed by atoms with E-state index in [0.29, 0.717) is 0 Å². The molecule has 0 heterocycles. The van der Waals surface area contributed by atoms with E-state index in [4.69, 9.17) is 5.84 Å². The van der Waals surface area contributed by atoms with Crippen molar-refractivity contribution in [3.63, 3.8) is 0 Å². The van der Waals surface area contributed by atoms with E-state index in [1.54, 1.807) is 0 Å². The molecule has 0 aromatic carbocycles. The van der Waals surface area contributed by atoms with Crippen molar-refractivity contribution in [1.82, 2.24) is 5.43 Å². The Balaban J connectivity index is 4.36. The Morgan fingerprint density at radius 2 is 2.09 bits per heavy atom. The summed E-state index contributed by atoms with van der Waals surface area (Å²) in [5.74, 6) is 5.42. The zero-order valence-corrected chi connectivity index (χ0v) is 8.07. The van der Waals surface area contributed by atoms with Crippen LogP contribution >= 0.6 is 0 Å². The number of hydrogen-bond acceptors (Lipinski definition) is 2. The molecule has 0 saturated heterocycles. The fourth-order valence-electron chi connectivity index (χ4n) is 1.24. The highest BCUT2D eigenvalue weighted by Crippen LogP contribution is 2.27. The molecule has 2 nitrogen and oxygen atoms in total. The van der Waals surface area contributed by atoms with Crippen LogP contribution in [0, 0.1) is 5.41 Å². The largest absolute Gasteiger partial charge is 0.271 e. The van der Waals surface area contributed by atoms with E-state index in [1.807, 2.05) is 6.92 Å². The molecule has 11 heavy (non-hydrogen) atoms. The predicted octanol–water partition coefficient (Wildman–Crippen LogP) is 1.83. The molecule has 0 amide bonds. The highest BCUT2D eigenvalue weighted by Gasteiger charge is 2.26. The first-order valence-electron chi connectivity index (χ1n) is 4.07. The summed E-state index contributed by atoms with van der Waals surface area (Å²) >= 11 is 0. The zero-order valence-electron chi connectivity index (χ0n) is 8.07. The van der Waals surface area contributed by atoms with Gasteiger partial charge in [0.05, 0.1) is 0 Å². The van der Waals surface area contributed by atoms with Crippen LogP contribution in [0.4, 0.5) is 0 Å². The molecule has 1 atom stereocenters. The Morgan fingerprint density at radius 1 is 1.64 bits per heavy atom. The summed E-state index contributed by atoms with van der Waals surface area (Å²) in [6.45, 7) is 12.4. The predicted molar refractivity (Wildman–Crippen MR) is 50.0 cm³/mol. The number of hydrazine groups is 1. The average Bonchev–Trinajstić information content (AvgIpc) is 1.88. The lowest BCUT2D eigenvalue weighted by Crippen LogP contribution is -2.46. The van der Waals surface area contributed by atoms with Crippen molar-refractivity contribution in [1.29, 1.82) is 0 Å². The van der Waals surface area contributed by atoms with Crippen molar-refractivity contribution in [3.8, 4) is 0 Å². The first kappa shape index (κ1) is 10.7. The molecule has 0 aromatic heterocycles. The minimum absolute atomic E-state index is 0.195. The quantitative estimate of drug-likeness (QED) is 0.370. The van der Waals surface area contributed by atoms with Crippen molar-refractivity contribution >= 4 is 0 Å². The van der Waals surface area contributed by atoms with Crippen molar-refractivity contribution < 1.29 is 0 Å². The Labute approximate surface area is 69.8 Å². The first-order chi connectivity index (χ1) is 4.95. The first-order valence-corrected chi connectivity index (χ1v) is 4.07. The van der Waals surface area contributed by atoms with Crippen molar-refractivity contribution in [2.45, 2.75) is 40.2 Å². The summed E-state index contributed by atoms with van der Waals surface area (Å²) in [5.41, 5.74) is 4.08. The van der Waals surface area contributed by atoms with Gasteiger partial charge < -0.3 is 0 Å². The molecule has 0 saturated carbocycles. The van der Waals surface area contributed by atoms with Gasteiger partial charge in [-0.3, -0.25) is 11.3 Å². The summed E-state index contributed by atoms with van der Waals surface area (Å²) in [5, 5.41) is 0. The molecular formula is C9H20N2. The Hall–Kier alpha value is -0.340. The average molecular weight is 156 g/mol. The maximum atomic E-state index is 5.42. The minimum atomic E-state index is 0.195. The van der Waals surface area contributed by atoms with Gasteiger partial charge in [-0.1, -0.05) is 32.9 Å². The molecule has 0 aliphatic heterocycles. The van der Waals surface area contributed by atoms with Crippen LogP contribution in [0.3, 0.4) is 0 Å². The Bertz CT molecular complexity index is 138. The standard InChI is InChI=1S/C9H20N2/c1-6-9(4,5)8(11-10)7(2)3/h8,11H,2,6,10H2,1,3-5H3. The second-order valence-corrected chi connectivity index (χ2v) is 3.79. The maximum Gasteiger partial charge on any atom is 0.0465 e. The van der Waals surface area contributed by atoms with Crippen LogP contribution in [0.25, 0.3) is 0 Å². The molecule has 66 valence electrons. The van der Waals surface area contributed by atoms with Gasteiger partial charge in [0.25, 0.3) is 0 Å². The van der Waals surface area contributed by atoms with Crippen molar-refractivity contribution in [2.75, 3.05) is 0 Å². The lowest BCUT2D eigenvalue weighted by Gasteiger charge is -2.33. The molecule has 0 rings (SSSR count). The summed E-state index contributed by atoms with van der Waals surface area (Å²) in [6.07, 6.45) is 1.09. The van der Waals surface area contributed by atoms with E-state index in [-0.39, 0.29) is 11.5 Å². The van der Waals surface area contributed by atoms with E-state index in [2.05, 4.69) is 32.8 Å². The van der Waals surface area contributed by atoms with Gasteiger partial charge in [0, 0.05) is 6.04 Å². The second kappa shape index (κ2) is 3.88. The van der Waals surface area contributed by atoms with Crippen LogP contribution in [0.1, 0.15) is 34.1 Å². The van der Waals surface area contributed by atoms with E-state index in [1.165, 1.54) is 0 Å². The topological polar surface area (TPSA) is 38.0 Å². The molecule has 0 bridgehead atoms. The lowest BCUT2D eigenvalue weighted by molar-refractivity contribution is 0.263. The van der Waals surface area contributed by atoms with E-state index in [9.17, 15) is 0 Å². The molecule has 0 fully saturated rings. The van der Waals surface area contributed by atoms with Crippen LogP contribution in [0.5, 0.6) is 0 Å². The fraction of sp³-hybridized carbons (Fsp3) is 0.778. The van der Waals surface area contributed by atoms with Gasteiger partial charge in [-0.2, -0.15) is 0 Å². The smallest absolute Gasteiger partial charge is 0.0465 e. The normalized spacial score (nSPS) is 14.6. The second-order valence-electron chi connectivity index (χ2n) is 3.79. The molecule has 0 aliphatic rings. The zero-order chi connectivity index (χ0) is 9.07. The lowest BCUT2D eigenvalue weighted by atomic mass is 9.79. The number of hydrogen-bond donors (Lipinski definition) is 2. The van der Waals surface area contributed by atoms with Gasteiger partial charge in [0.15, 0.2) is 0 Å². The molecule has 1 unspecified atom stereocenters. The van der Waals surface area contributed by atoms with Gasteiger partial charge in [-0.25, -0.2) is 0 Å². The molecule has 0 aliphatic carbocycles. The van der Waals surface area contributed by atoms with Gasteiger partial charge in [-0.05, 0) is 18.8 Å². The van der Waals surface area contributed by atoms with Crippen molar-refractivity contribution in [2.24, 2.45) is 11.3 Å². The summed E-state index contributed by atoms with van der Waals surface area (Å²) in [4.78, 5) is 0. The molecule has 3 N–H and O–H groups in total. The highest BCUT2D eigenvalue weighted by molar-refractivity contribution is 5.06. The van der Waals surface area contributed by atoms with Crippen LogP contribution in [0.15, 0.2) is 12.2 Å². The monoisotopic (exact) mass is 156 g/mol. The van der Waals surface area contributed by atoms with Gasteiger partial charge in [0.2, 0.25) is 0 Å². The highest BCUT2D eigenvalue weighted by atomic mass is 15.2. The van der Waals surface area contributed by atoms with Crippen molar-refractivity contribution in [3.05, 3.63) is 12.2 Å². The Morgan fingerprint density at radius 3 is 2.18 bits per heavy atom. The van der Waals surface area contributed by atoms with Crippen LogP contribution < -0.4 is 11.3 Å². The third kappa shape index (κ3) is 2.64. The van der Waals surface area contributed by atoms with E-state index < -0.39 is 0 Å². The van der Waals surface area contributed by atoms with Gasteiger partial charge >= 0.3 is 0 Å². The SMILES string of the molecule is C=C(C)C(NN)C(C)(C)CC. The van der Waals surface area contributed by atoms with Crippen LogP contribution in [0.2, 0.25) is 0 Å². The summed E-state index contributed by atoms with van der Waals surface area (Å²) < 4.78 is 0. The number of rotatable bonds is 4. The summed E-state index contributed by atoms with van der Waals surface area (Å²) in [7, 11) is 0. The van der Waals surface area contributed by atoms with Gasteiger partial charge in [0.1, 0.15) is 0 Å². The minimum Gasteiger partial charge on any atom is -0.271 e. The molecule has 0 radical (unpaired) electrons. The summed E-state index contributed by atoms with van der Waals surface area (Å²) in [6, 6.07) is 0.215. The Kier molecular flexibility index (Phi) is 3.76. The number of nitrogens with two attached hydrogens (primary N) is 1. The van der Waals surface area contributed by atoms with E-state index in [0.717, 1.165) is 12.0 Å². The van der Waals surface area contributed by atoms with Gasteiger partial charge in [-0.15, -0.1) is 0 Å². The fourth-order valence-corrected chi connectivity index (χ4v) is 1.24. The molecule has 0 spiro atoms.